The molecular formula is C21H34O2. The summed E-state index contributed by atoms with van der Waals surface area (Å²) in [5, 5.41) is 0. The Labute approximate surface area is 142 Å². The van der Waals surface area contributed by atoms with Crippen LogP contribution in [0, 0.1) is 5.92 Å². The zero-order valence-electron chi connectivity index (χ0n) is 15.4. The van der Waals surface area contributed by atoms with E-state index in [1.807, 2.05) is 18.2 Å². The van der Waals surface area contributed by atoms with Crippen LogP contribution in [-0.4, -0.2) is 18.8 Å². The monoisotopic (exact) mass is 318 g/mol. The molecule has 2 nitrogen and oxygen atoms in total. The Morgan fingerprint density at radius 3 is 2.48 bits per heavy atom. The van der Waals surface area contributed by atoms with E-state index < -0.39 is 0 Å². The summed E-state index contributed by atoms with van der Waals surface area (Å²) < 4.78 is 11.6. The van der Waals surface area contributed by atoms with Crippen molar-refractivity contribution in [2.24, 2.45) is 5.92 Å². The van der Waals surface area contributed by atoms with Crippen molar-refractivity contribution >= 4 is 0 Å². The molecule has 0 aromatic heterocycles. The van der Waals surface area contributed by atoms with E-state index in [-0.39, 0.29) is 5.60 Å². The molecule has 0 radical (unpaired) electrons. The van der Waals surface area contributed by atoms with Crippen LogP contribution in [0.25, 0.3) is 0 Å². The number of hydrogen-bond acceptors (Lipinski definition) is 2. The molecule has 0 bridgehead atoms. The third kappa shape index (κ3) is 8.80. The Kier molecular flexibility index (Phi) is 9.01. The molecule has 0 aliphatic carbocycles. The molecule has 2 heteroatoms. The Balaban J connectivity index is 2.18. The van der Waals surface area contributed by atoms with Gasteiger partial charge in [0.15, 0.2) is 0 Å². The van der Waals surface area contributed by atoms with Crippen LogP contribution < -0.4 is 4.74 Å². The maximum absolute atomic E-state index is 5.85. The number of rotatable bonds is 12. The fourth-order valence-corrected chi connectivity index (χ4v) is 2.75. The third-order valence-corrected chi connectivity index (χ3v) is 4.19. The molecule has 0 aliphatic heterocycles. The molecule has 0 fully saturated rings. The predicted molar refractivity (Wildman–Crippen MR) is 99.2 cm³/mol. The van der Waals surface area contributed by atoms with Crippen LogP contribution in [-0.2, 0) is 11.2 Å². The highest BCUT2D eigenvalue weighted by Gasteiger charge is 2.17. The molecule has 0 amide bonds. The first-order valence-electron chi connectivity index (χ1n) is 8.93. The first-order chi connectivity index (χ1) is 11.0. The van der Waals surface area contributed by atoms with E-state index >= 15 is 0 Å². The van der Waals surface area contributed by atoms with E-state index in [0.717, 1.165) is 38.2 Å². The molecular weight excluding hydrogens is 284 g/mol. The molecule has 1 unspecified atom stereocenters. The minimum atomic E-state index is 0.0121. The molecule has 23 heavy (non-hydrogen) atoms. The minimum Gasteiger partial charge on any atom is -0.494 e. The SMILES string of the molecule is C=CCc1ccc(OCCC(C)CCCC(C)(C)OCC)cc1. The maximum atomic E-state index is 5.85. The van der Waals surface area contributed by atoms with Gasteiger partial charge in [-0.3, -0.25) is 0 Å². The number of hydrogen-bond donors (Lipinski definition) is 0. The lowest BCUT2D eigenvalue weighted by Crippen LogP contribution is -2.24. The van der Waals surface area contributed by atoms with Gasteiger partial charge in [0, 0.05) is 6.61 Å². The van der Waals surface area contributed by atoms with E-state index in [2.05, 4.69) is 46.4 Å². The van der Waals surface area contributed by atoms with Crippen molar-refractivity contribution in [1.29, 1.82) is 0 Å². The summed E-state index contributed by atoms with van der Waals surface area (Å²) in [6, 6.07) is 8.31. The van der Waals surface area contributed by atoms with Gasteiger partial charge < -0.3 is 9.47 Å². The lowest BCUT2D eigenvalue weighted by Gasteiger charge is -2.25. The molecule has 1 rings (SSSR count). The number of ether oxygens (including phenoxy) is 2. The fraction of sp³-hybridized carbons (Fsp3) is 0.619. The van der Waals surface area contributed by atoms with Crippen molar-refractivity contribution in [3.05, 3.63) is 42.5 Å². The number of benzene rings is 1. The molecule has 1 atom stereocenters. The highest BCUT2D eigenvalue weighted by Crippen LogP contribution is 2.21. The van der Waals surface area contributed by atoms with Crippen LogP contribution in [0.4, 0.5) is 0 Å². The lowest BCUT2D eigenvalue weighted by molar-refractivity contribution is -0.0183. The van der Waals surface area contributed by atoms with Crippen LogP contribution in [0.3, 0.4) is 0 Å². The molecule has 0 saturated carbocycles. The van der Waals surface area contributed by atoms with E-state index in [4.69, 9.17) is 9.47 Å². The summed E-state index contributed by atoms with van der Waals surface area (Å²) in [5.41, 5.74) is 1.29. The second-order valence-electron chi connectivity index (χ2n) is 6.96. The molecule has 1 aromatic carbocycles. The van der Waals surface area contributed by atoms with E-state index in [1.54, 1.807) is 0 Å². The third-order valence-electron chi connectivity index (χ3n) is 4.19. The molecule has 1 aromatic rings. The molecule has 0 aliphatic rings. The summed E-state index contributed by atoms with van der Waals surface area (Å²) in [5.74, 6) is 1.65. The maximum Gasteiger partial charge on any atom is 0.119 e. The van der Waals surface area contributed by atoms with Crippen molar-refractivity contribution in [1.82, 2.24) is 0 Å². The quantitative estimate of drug-likeness (QED) is 0.453. The van der Waals surface area contributed by atoms with Gasteiger partial charge in [-0.25, -0.2) is 0 Å². The van der Waals surface area contributed by atoms with Crippen molar-refractivity contribution in [3.8, 4) is 5.75 Å². The summed E-state index contributed by atoms with van der Waals surface area (Å²) in [6.45, 7) is 14.1. The minimum absolute atomic E-state index is 0.0121. The largest absolute Gasteiger partial charge is 0.494 e. The zero-order chi connectivity index (χ0) is 17.1. The summed E-state index contributed by atoms with van der Waals surface area (Å²) in [7, 11) is 0. The van der Waals surface area contributed by atoms with Gasteiger partial charge in [-0.1, -0.05) is 38.0 Å². The normalized spacial score (nSPS) is 12.9. The van der Waals surface area contributed by atoms with Gasteiger partial charge in [0.1, 0.15) is 5.75 Å². The highest BCUT2D eigenvalue weighted by molar-refractivity contribution is 5.28. The number of allylic oxidation sites excluding steroid dienone is 1. The van der Waals surface area contributed by atoms with Gasteiger partial charge in [-0.2, -0.15) is 0 Å². The van der Waals surface area contributed by atoms with Crippen LogP contribution in [0.2, 0.25) is 0 Å². The van der Waals surface area contributed by atoms with Crippen LogP contribution in [0.1, 0.15) is 58.9 Å². The second-order valence-corrected chi connectivity index (χ2v) is 6.96. The van der Waals surface area contributed by atoms with Crippen LogP contribution >= 0.6 is 0 Å². The first-order valence-corrected chi connectivity index (χ1v) is 8.93. The summed E-state index contributed by atoms with van der Waals surface area (Å²) >= 11 is 0. The fourth-order valence-electron chi connectivity index (χ4n) is 2.75. The molecule has 0 spiro atoms. The van der Waals surface area contributed by atoms with Gasteiger partial charge in [-0.05, 0) is 63.6 Å². The topological polar surface area (TPSA) is 18.5 Å². The zero-order valence-corrected chi connectivity index (χ0v) is 15.4. The van der Waals surface area contributed by atoms with Crippen molar-refractivity contribution in [2.75, 3.05) is 13.2 Å². The average Bonchev–Trinajstić information content (AvgIpc) is 2.49. The highest BCUT2D eigenvalue weighted by atomic mass is 16.5. The summed E-state index contributed by atoms with van der Waals surface area (Å²) in [6.07, 6.45) is 7.50. The first kappa shape index (κ1) is 19.8. The lowest BCUT2D eigenvalue weighted by atomic mass is 9.95. The van der Waals surface area contributed by atoms with Crippen LogP contribution in [0.5, 0.6) is 5.75 Å². The van der Waals surface area contributed by atoms with Gasteiger partial charge in [0.05, 0.1) is 12.2 Å². The molecule has 130 valence electrons. The van der Waals surface area contributed by atoms with Crippen molar-refractivity contribution in [3.63, 3.8) is 0 Å². The van der Waals surface area contributed by atoms with E-state index in [1.165, 1.54) is 18.4 Å². The van der Waals surface area contributed by atoms with Gasteiger partial charge in [0.2, 0.25) is 0 Å². The van der Waals surface area contributed by atoms with E-state index in [0.29, 0.717) is 5.92 Å². The molecule has 0 saturated heterocycles. The van der Waals surface area contributed by atoms with Gasteiger partial charge in [-0.15, -0.1) is 6.58 Å². The standard InChI is InChI=1S/C21H34O2/c1-6-9-19-11-13-20(14-12-19)22-17-15-18(3)10-8-16-21(4,5)23-7-2/h6,11-14,18H,1,7-10,15-17H2,2-5H3. The Hall–Kier alpha value is -1.28. The Morgan fingerprint density at radius 2 is 1.87 bits per heavy atom. The van der Waals surface area contributed by atoms with Gasteiger partial charge in [0.25, 0.3) is 0 Å². The van der Waals surface area contributed by atoms with E-state index in [9.17, 15) is 0 Å². The molecule has 0 N–H and O–H groups in total. The molecule has 0 heterocycles. The Bertz CT molecular complexity index is 434. The smallest absolute Gasteiger partial charge is 0.119 e. The van der Waals surface area contributed by atoms with Crippen molar-refractivity contribution < 1.29 is 9.47 Å². The summed E-state index contributed by atoms with van der Waals surface area (Å²) in [4.78, 5) is 0. The van der Waals surface area contributed by atoms with Gasteiger partial charge >= 0.3 is 0 Å². The second kappa shape index (κ2) is 10.5. The predicted octanol–water partition coefficient (Wildman–Crippen LogP) is 5.81. The Morgan fingerprint density at radius 1 is 1.17 bits per heavy atom. The average molecular weight is 319 g/mol. The van der Waals surface area contributed by atoms with Crippen LogP contribution in [0.15, 0.2) is 36.9 Å². The van der Waals surface area contributed by atoms with Crippen molar-refractivity contribution in [2.45, 2.75) is 65.4 Å².